The van der Waals surface area contributed by atoms with E-state index in [0.717, 1.165) is 49.5 Å². The van der Waals surface area contributed by atoms with Gasteiger partial charge in [0.05, 0.1) is 23.3 Å². The molecule has 0 amide bonds. The number of hydrogen-bond donors (Lipinski definition) is 2. The molecule has 2 aromatic heterocycles. The number of esters is 1. The first-order chi connectivity index (χ1) is 16.9. The van der Waals surface area contributed by atoms with Gasteiger partial charge in [-0.05, 0) is 57.7 Å². The lowest BCUT2D eigenvalue weighted by Gasteiger charge is -2.26. The molecule has 0 spiro atoms. The number of hydrogen-bond acceptors (Lipinski definition) is 6. The Morgan fingerprint density at radius 2 is 1.94 bits per heavy atom. The SMILES string of the molecule is CCOC(=O)c1[nH]c(C)c(S(=O)(=O)Nc2ccc3c(c2)nc(C(C)(C)C)n3CC2CCOCC2)c1C. The molecule has 36 heavy (non-hydrogen) atoms. The number of fused-ring (bicyclic) bond motifs is 1. The van der Waals surface area contributed by atoms with Gasteiger partial charge >= 0.3 is 5.97 Å². The molecule has 9 nitrogen and oxygen atoms in total. The third-order valence-electron chi connectivity index (χ3n) is 6.57. The van der Waals surface area contributed by atoms with Crippen LogP contribution in [0.5, 0.6) is 0 Å². The quantitative estimate of drug-likeness (QED) is 0.441. The van der Waals surface area contributed by atoms with E-state index in [1.54, 1.807) is 32.9 Å². The van der Waals surface area contributed by atoms with Gasteiger partial charge in [0, 0.05) is 36.4 Å². The van der Waals surface area contributed by atoms with E-state index in [1.165, 1.54) is 0 Å². The summed E-state index contributed by atoms with van der Waals surface area (Å²) in [7, 11) is -3.96. The Labute approximate surface area is 212 Å². The van der Waals surface area contributed by atoms with E-state index in [1.807, 2.05) is 6.07 Å². The summed E-state index contributed by atoms with van der Waals surface area (Å²) in [6, 6.07) is 5.46. The number of H-pyrrole nitrogens is 1. The molecule has 0 radical (unpaired) electrons. The number of imidazole rings is 1. The van der Waals surface area contributed by atoms with Crippen molar-refractivity contribution in [2.24, 2.45) is 5.92 Å². The number of sulfonamides is 1. The van der Waals surface area contributed by atoms with E-state index in [4.69, 9.17) is 14.5 Å². The second-order valence-corrected chi connectivity index (χ2v) is 12.1. The second kappa shape index (κ2) is 9.89. The molecule has 0 bridgehead atoms. The average molecular weight is 517 g/mol. The molecule has 1 aliphatic heterocycles. The number of nitrogens with zero attached hydrogens (tertiary/aromatic N) is 2. The summed E-state index contributed by atoms with van der Waals surface area (Å²) in [4.78, 5) is 20.1. The van der Waals surface area contributed by atoms with Gasteiger partial charge in [-0.2, -0.15) is 0 Å². The van der Waals surface area contributed by atoms with Crippen LogP contribution in [0.4, 0.5) is 5.69 Å². The lowest BCUT2D eigenvalue weighted by atomic mass is 9.94. The number of aromatic nitrogens is 3. The number of benzene rings is 1. The monoisotopic (exact) mass is 516 g/mol. The van der Waals surface area contributed by atoms with Crippen molar-refractivity contribution in [3.8, 4) is 0 Å². The fourth-order valence-electron chi connectivity index (χ4n) is 4.89. The molecule has 0 saturated carbocycles. The molecule has 0 atom stereocenters. The molecule has 0 unspecified atom stereocenters. The predicted molar refractivity (Wildman–Crippen MR) is 139 cm³/mol. The van der Waals surface area contributed by atoms with E-state index in [0.29, 0.717) is 22.9 Å². The van der Waals surface area contributed by atoms with Crippen LogP contribution in [0.1, 0.15) is 68.1 Å². The van der Waals surface area contributed by atoms with Crippen molar-refractivity contribution >= 4 is 32.7 Å². The van der Waals surface area contributed by atoms with Crippen molar-refractivity contribution < 1.29 is 22.7 Å². The Hall–Kier alpha value is -2.85. The van der Waals surface area contributed by atoms with E-state index in [-0.39, 0.29) is 22.6 Å². The Kier molecular flexibility index (Phi) is 7.21. The number of carbonyl (C=O) groups is 1. The van der Waals surface area contributed by atoms with Crippen molar-refractivity contribution in [3.05, 3.63) is 41.0 Å². The smallest absolute Gasteiger partial charge is 0.355 e. The van der Waals surface area contributed by atoms with Crippen LogP contribution in [0.15, 0.2) is 23.1 Å². The Bertz CT molecular complexity index is 1380. The number of nitrogens with one attached hydrogen (secondary N) is 2. The second-order valence-electron chi connectivity index (χ2n) is 10.5. The van der Waals surface area contributed by atoms with Crippen molar-refractivity contribution in [3.63, 3.8) is 0 Å². The zero-order valence-electron chi connectivity index (χ0n) is 21.9. The fraction of sp³-hybridized carbons (Fsp3) is 0.538. The standard InChI is InChI=1S/C26H36N4O5S/c1-7-35-24(31)22-16(2)23(17(3)27-22)36(32,33)29-19-8-9-21-20(14-19)28-25(26(4,5)6)30(21)15-18-10-12-34-13-11-18/h8-9,14,18,27,29H,7,10-13,15H2,1-6H3. The van der Waals surface area contributed by atoms with Crippen LogP contribution >= 0.6 is 0 Å². The maximum absolute atomic E-state index is 13.3. The first-order valence-electron chi connectivity index (χ1n) is 12.4. The zero-order valence-corrected chi connectivity index (χ0v) is 22.7. The highest BCUT2D eigenvalue weighted by Gasteiger charge is 2.29. The average Bonchev–Trinajstić information content (AvgIpc) is 3.31. The van der Waals surface area contributed by atoms with E-state index in [2.05, 4.69) is 35.0 Å². The molecule has 1 saturated heterocycles. The molecule has 2 N–H and O–H groups in total. The lowest BCUT2D eigenvalue weighted by molar-refractivity contribution is 0.0519. The van der Waals surface area contributed by atoms with Gasteiger partial charge in [0.2, 0.25) is 0 Å². The number of aryl methyl sites for hydroxylation is 1. The van der Waals surface area contributed by atoms with E-state index in [9.17, 15) is 13.2 Å². The van der Waals surface area contributed by atoms with E-state index >= 15 is 0 Å². The number of rotatable bonds is 7. The van der Waals surface area contributed by atoms with Gasteiger partial charge in [0.25, 0.3) is 10.0 Å². The highest BCUT2D eigenvalue weighted by molar-refractivity contribution is 7.92. The Morgan fingerprint density at radius 3 is 2.58 bits per heavy atom. The topological polar surface area (TPSA) is 115 Å². The zero-order chi connectivity index (χ0) is 26.3. The summed E-state index contributed by atoms with van der Waals surface area (Å²) in [6.07, 6.45) is 2.04. The van der Waals surface area contributed by atoms with Gasteiger partial charge in [0.1, 0.15) is 16.4 Å². The summed E-state index contributed by atoms with van der Waals surface area (Å²) in [5, 5.41) is 0. The van der Waals surface area contributed by atoms with Crippen LogP contribution in [0.25, 0.3) is 11.0 Å². The highest BCUT2D eigenvalue weighted by Crippen LogP contribution is 2.32. The summed E-state index contributed by atoms with van der Waals surface area (Å²) >= 11 is 0. The van der Waals surface area contributed by atoms with Crippen LogP contribution in [0, 0.1) is 19.8 Å². The van der Waals surface area contributed by atoms with Gasteiger partial charge in [-0.3, -0.25) is 4.72 Å². The number of ether oxygens (including phenoxy) is 2. The summed E-state index contributed by atoms with van der Waals surface area (Å²) in [5.74, 6) is 0.912. The number of aromatic amines is 1. The maximum atomic E-state index is 13.3. The van der Waals surface area contributed by atoms with Crippen LogP contribution in [0.3, 0.4) is 0 Å². The van der Waals surface area contributed by atoms with Crippen LogP contribution in [0.2, 0.25) is 0 Å². The largest absolute Gasteiger partial charge is 0.461 e. The third kappa shape index (κ3) is 5.15. The maximum Gasteiger partial charge on any atom is 0.355 e. The minimum Gasteiger partial charge on any atom is -0.461 e. The van der Waals surface area contributed by atoms with E-state index < -0.39 is 16.0 Å². The molecule has 196 valence electrons. The number of anilines is 1. The van der Waals surface area contributed by atoms with Crippen molar-refractivity contribution in [1.82, 2.24) is 14.5 Å². The van der Waals surface area contributed by atoms with Crippen LogP contribution in [-0.2, 0) is 31.5 Å². The molecule has 10 heteroatoms. The lowest BCUT2D eigenvalue weighted by Crippen LogP contribution is -2.25. The minimum atomic E-state index is -3.96. The molecule has 3 heterocycles. The van der Waals surface area contributed by atoms with Gasteiger partial charge < -0.3 is 19.0 Å². The minimum absolute atomic E-state index is 0.0473. The van der Waals surface area contributed by atoms with Crippen molar-refractivity contribution in [2.45, 2.75) is 71.2 Å². The highest BCUT2D eigenvalue weighted by atomic mass is 32.2. The van der Waals surface area contributed by atoms with Gasteiger partial charge in [-0.15, -0.1) is 0 Å². The molecule has 1 aromatic carbocycles. The van der Waals surface area contributed by atoms with Gasteiger partial charge in [-0.25, -0.2) is 18.2 Å². The summed E-state index contributed by atoms with van der Waals surface area (Å²) in [6.45, 7) is 14.0. The Morgan fingerprint density at radius 1 is 1.25 bits per heavy atom. The first-order valence-corrected chi connectivity index (χ1v) is 13.9. The molecule has 4 rings (SSSR count). The normalized spacial score (nSPS) is 15.4. The van der Waals surface area contributed by atoms with Crippen molar-refractivity contribution in [2.75, 3.05) is 24.5 Å². The first kappa shape index (κ1) is 26.2. The molecule has 1 fully saturated rings. The number of carbonyl (C=O) groups excluding carboxylic acids is 1. The molecular formula is C26H36N4O5S. The molecule has 3 aromatic rings. The molecule has 0 aliphatic carbocycles. The van der Waals surface area contributed by atoms with Crippen molar-refractivity contribution in [1.29, 1.82) is 0 Å². The van der Waals surface area contributed by atoms with Crippen LogP contribution < -0.4 is 4.72 Å². The molecular weight excluding hydrogens is 480 g/mol. The van der Waals surface area contributed by atoms with Crippen LogP contribution in [-0.4, -0.2) is 48.7 Å². The third-order valence-corrected chi connectivity index (χ3v) is 8.22. The van der Waals surface area contributed by atoms with Gasteiger partial charge in [-0.1, -0.05) is 20.8 Å². The molecule has 1 aliphatic rings. The summed E-state index contributed by atoms with van der Waals surface area (Å²) in [5.41, 5.74) is 2.81. The fourth-order valence-corrected chi connectivity index (χ4v) is 6.39. The predicted octanol–water partition coefficient (Wildman–Crippen LogP) is 4.68. The van der Waals surface area contributed by atoms with Gasteiger partial charge in [0.15, 0.2) is 0 Å². The summed E-state index contributed by atoms with van der Waals surface area (Å²) < 4.78 is 42.2. The Balaban J connectivity index is 1.68.